The Morgan fingerprint density at radius 3 is 1.58 bits per heavy atom. The van der Waals surface area contributed by atoms with Crippen LogP contribution in [0.5, 0.6) is 0 Å². The Morgan fingerprint density at radius 2 is 1.18 bits per heavy atom. The van der Waals surface area contributed by atoms with E-state index in [-0.39, 0.29) is 17.9 Å². The third-order valence-corrected chi connectivity index (χ3v) is 7.73. The topological polar surface area (TPSA) is 111 Å². The van der Waals surface area contributed by atoms with Gasteiger partial charge in [-0.3, -0.25) is 0 Å². The van der Waals surface area contributed by atoms with Crippen LogP contribution in [0.4, 0.5) is 9.59 Å². The molecule has 0 saturated carbocycles. The molecule has 4 atom stereocenters. The molecule has 208 valence electrons. The van der Waals surface area contributed by atoms with Gasteiger partial charge < -0.3 is 29.9 Å². The highest BCUT2D eigenvalue weighted by molar-refractivity contribution is 9.10. The SMILES string of the molecule is CC(C)(C)OC(=O)N1CCC(O)C(c2ccc(Br)cc2)C1.O=C(O)N1CCC(O)C(c2ccc(Br)cc2)C1. The number of aliphatic hydroxyl groups is 2. The van der Waals surface area contributed by atoms with Crippen LogP contribution in [-0.2, 0) is 4.74 Å². The zero-order chi connectivity index (χ0) is 28.0. The lowest BCUT2D eigenvalue weighted by Gasteiger charge is -2.37. The second-order valence-corrected chi connectivity index (χ2v) is 12.5. The van der Waals surface area contributed by atoms with Gasteiger partial charge in [-0.05, 0) is 69.0 Å². The smallest absolute Gasteiger partial charge is 0.410 e. The van der Waals surface area contributed by atoms with Crippen LogP contribution in [0.15, 0.2) is 57.5 Å². The maximum atomic E-state index is 12.2. The number of hydrogen-bond acceptors (Lipinski definition) is 5. The van der Waals surface area contributed by atoms with Crippen LogP contribution in [0.3, 0.4) is 0 Å². The maximum absolute atomic E-state index is 12.2. The number of aliphatic hydroxyl groups excluding tert-OH is 2. The molecule has 8 nitrogen and oxygen atoms in total. The van der Waals surface area contributed by atoms with Gasteiger partial charge in [0, 0.05) is 47.0 Å². The van der Waals surface area contributed by atoms with Crippen LogP contribution >= 0.6 is 31.9 Å². The van der Waals surface area contributed by atoms with Crippen LogP contribution in [0, 0.1) is 0 Å². The van der Waals surface area contributed by atoms with E-state index in [1.54, 1.807) is 4.90 Å². The highest BCUT2D eigenvalue weighted by Crippen LogP contribution is 2.30. The van der Waals surface area contributed by atoms with Gasteiger partial charge in [-0.1, -0.05) is 56.1 Å². The van der Waals surface area contributed by atoms with Crippen LogP contribution in [0.1, 0.15) is 56.6 Å². The highest BCUT2D eigenvalue weighted by atomic mass is 79.9. The molecule has 2 aromatic rings. The Morgan fingerprint density at radius 1 is 0.789 bits per heavy atom. The molecule has 2 saturated heterocycles. The van der Waals surface area contributed by atoms with E-state index in [9.17, 15) is 19.8 Å². The molecule has 2 heterocycles. The first kappa shape index (κ1) is 30.4. The number of amides is 2. The summed E-state index contributed by atoms with van der Waals surface area (Å²) in [6, 6.07) is 15.5. The molecule has 4 rings (SSSR count). The zero-order valence-corrected chi connectivity index (χ0v) is 25.1. The number of benzene rings is 2. The number of rotatable bonds is 2. The van der Waals surface area contributed by atoms with Crippen LogP contribution in [0.25, 0.3) is 0 Å². The zero-order valence-electron chi connectivity index (χ0n) is 21.9. The minimum Gasteiger partial charge on any atom is -0.465 e. The van der Waals surface area contributed by atoms with E-state index in [1.807, 2.05) is 69.3 Å². The fraction of sp³-hybridized carbons (Fsp3) is 0.500. The molecular weight excluding hydrogens is 620 g/mol. The van der Waals surface area contributed by atoms with Crippen LogP contribution in [0.2, 0.25) is 0 Å². The third-order valence-electron chi connectivity index (χ3n) is 6.67. The largest absolute Gasteiger partial charge is 0.465 e. The van der Waals surface area contributed by atoms with Crippen LogP contribution in [-0.4, -0.2) is 81.3 Å². The predicted molar refractivity (Wildman–Crippen MR) is 152 cm³/mol. The number of halogens is 2. The van der Waals surface area contributed by atoms with E-state index in [1.165, 1.54) is 4.90 Å². The number of piperidine rings is 2. The Bertz CT molecular complexity index is 1070. The molecule has 2 aromatic carbocycles. The van der Waals surface area contributed by atoms with Crippen molar-refractivity contribution in [2.24, 2.45) is 0 Å². The number of likely N-dealkylation sites (tertiary alicyclic amines) is 2. The second kappa shape index (κ2) is 13.3. The molecule has 4 unspecified atom stereocenters. The van der Waals surface area contributed by atoms with Crippen molar-refractivity contribution < 1.29 is 29.6 Å². The molecule has 0 spiro atoms. The van der Waals surface area contributed by atoms with Crippen molar-refractivity contribution in [2.75, 3.05) is 26.2 Å². The molecule has 0 radical (unpaired) electrons. The minimum atomic E-state index is -0.918. The molecule has 38 heavy (non-hydrogen) atoms. The molecule has 10 heteroatoms. The predicted octanol–water partition coefficient (Wildman–Crippen LogP) is 5.81. The fourth-order valence-corrected chi connectivity index (χ4v) is 5.15. The summed E-state index contributed by atoms with van der Waals surface area (Å²) in [7, 11) is 0. The molecule has 0 bridgehead atoms. The minimum absolute atomic E-state index is 0.0700. The normalized spacial score (nSPS) is 23.8. The average molecular weight is 656 g/mol. The van der Waals surface area contributed by atoms with Gasteiger partial charge in [0.1, 0.15) is 5.60 Å². The Labute approximate surface area is 240 Å². The molecular formula is C28H36Br2N2O6. The lowest BCUT2D eigenvalue weighted by Crippen LogP contribution is -2.46. The van der Waals surface area contributed by atoms with E-state index in [4.69, 9.17) is 9.84 Å². The van der Waals surface area contributed by atoms with Gasteiger partial charge in [-0.2, -0.15) is 0 Å². The lowest BCUT2D eigenvalue weighted by atomic mass is 9.88. The number of ether oxygens (including phenoxy) is 1. The standard InChI is InChI=1S/C16H22BrNO3.C12H14BrNO3/c1-16(2,3)21-15(20)18-9-8-14(19)13(10-18)11-4-6-12(17)7-5-11;13-9-3-1-8(2-4-9)10-7-14(12(16)17)6-5-11(10)15/h4-7,13-14,19H,8-10H2,1-3H3;1-4,10-11,15H,5-7H2,(H,16,17). The summed E-state index contributed by atoms with van der Waals surface area (Å²) in [5.74, 6) is -0.202. The third kappa shape index (κ3) is 8.69. The number of carbonyl (C=O) groups is 2. The summed E-state index contributed by atoms with van der Waals surface area (Å²) in [4.78, 5) is 26.1. The maximum Gasteiger partial charge on any atom is 0.410 e. The van der Waals surface area contributed by atoms with Gasteiger partial charge in [-0.25, -0.2) is 9.59 Å². The number of carbonyl (C=O) groups excluding carboxylic acids is 1. The molecule has 0 aromatic heterocycles. The molecule has 0 aliphatic carbocycles. The Hall–Kier alpha value is -2.14. The average Bonchev–Trinajstić information content (AvgIpc) is 2.85. The van der Waals surface area contributed by atoms with Crippen molar-refractivity contribution in [3.63, 3.8) is 0 Å². The quantitative estimate of drug-likeness (QED) is 0.377. The van der Waals surface area contributed by atoms with Gasteiger partial charge in [0.15, 0.2) is 0 Å². The van der Waals surface area contributed by atoms with Gasteiger partial charge in [0.25, 0.3) is 0 Å². The molecule has 2 amide bonds. The number of carboxylic acid groups (broad SMARTS) is 1. The van der Waals surface area contributed by atoms with E-state index >= 15 is 0 Å². The van der Waals surface area contributed by atoms with Gasteiger partial charge >= 0.3 is 12.2 Å². The van der Waals surface area contributed by atoms with Crippen molar-refractivity contribution in [3.05, 3.63) is 68.6 Å². The number of hydrogen-bond donors (Lipinski definition) is 3. The highest BCUT2D eigenvalue weighted by Gasteiger charge is 2.33. The van der Waals surface area contributed by atoms with Crippen molar-refractivity contribution in [2.45, 2.75) is 63.3 Å². The van der Waals surface area contributed by atoms with Gasteiger partial charge in [0.05, 0.1) is 12.2 Å². The first-order valence-electron chi connectivity index (χ1n) is 12.7. The molecule has 2 aliphatic heterocycles. The van der Waals surface area contributed by atoms with E-state index < -0.39 is 23.9 Å². The molecule has 2 aliphatic rings. The summed E-state index contributed by atoms with van der Waals surface area (Å²) in [6.45, 7) is 7.35. The number of nitrogens with zero attached hydrogens (tertiary/aromatic N) is 2. The van der Waals surface area contributed by atoms with Crippen LogP contribution < -0.4 is 0 Å². The summed E-state index contributed by atoms with van der Waals surface area (Å²) in [6.07, 6.45) is -1.06. The summed E-state index contributed by atoms with van der Waals surface area (Å²) >= 11 is 6.76. The van der Waals surface area contributed by atoms with Gasteiger partial charge in [-0.15, -0.1) is 0 Å². The monoisotopic (exact) mass is 654 g/mol. The van der Waals surface area contributed by atoms with Crippen molar-refractivity contribution >= 4 is 44.0 Å². The van der Waals surface area contributed by atoms with Gasteiger partial charge in [0.2, 0.25) is 0 Å². The summed E-state index contributed by atoms with van der Waals surface area (Å²) in [5, 5.41) is 29.2. The summed E-state index contributed by atoms with van der Waals surface area (Å²) in [5.41, 5.74) is 1.52. The first-order valence-corrected chi connectivity index (χ1v) is 14.3. The Kier molecular flexibility index (Phi) is 10.6. The lowest BCUT2D eigenvalue weighted by molar-refractivity contribution is 0.00405. The molecule has 3 N–H and O–H groups in total. The molecule has 2 fully saturated rings. The fourth-order valence-electron chi connectivity index (χ4n) is 4.62. The van der Waals surface area contributed by atoms with Crippen molar-refractivity contribution in [3.8, 4) is 0 Å². The van der Waals surface area contributed by atoms with E-state index in [0.29, 0.717) is 39.0 Å². The Balaban J connectivity index is 0.000000215. The first-order chi connectivity index (χ1) is 17.8. The summed E-state index contributed by atoms with van der Waals surface area (Å²) < 4.78 is 7.39. The van der Waals surface area contributed by atoms with E-state index in [2.05, 4.69) is 31.9 Å². The van der Waals surface area contributed by atoms with E-state index in [0.717, 1.165) is 20.1 Å². The second-order valence-electron chi connectivity index (χ2n) is 10.7. The van der Waals surface area contributed by atoms with Crippen molar-refractivity contribution in [1.29, 1.82) is 0 Å². The van der Waals surface area contributed by atoms with Crippen molar-refractivity contribution in [1.82, 2.24) is 9.80 Å².